The van der Waals surface area contributed by atoms with Crippen LogP contribution in [0.2, 0.25) is 0 Å². The Morgan fingerprint density at radius 1 is 0.333 bits per heavy atom. The lowest BCUT2D eigenvalue weighted by Gasteiger charge is -2.32. The molecule has 5 rings (SSSR count). The second-order valence-corrected chi connectivity index (χ2v) is 14.2. The Morgan fingerprint density at radius 3 is 0.806 bits per heavy atom. The van der Waals surface area contributed by atoms with Crippen LogP contribution in [0.1, 0.15) is 36.3 Å². The molecule has 0 amide bonds. The maximum Gasteiger partial charge on any atom is 0.00966 e. The zero-order valence-electron chi connectivity index (χ0n) is 20.9. The van der Waals surface area contributed by atoms with E-state index in [1.54, 1.807) is 0 Å². The van der Waals surface area contributed by atoms with Gasteiger partial charge in [0.2, 0.25) is 0 Å². The van der Waals surface area contributed by atoms with Crippen LogP contribution in [0.25, 0.3) is 0 Å². The molecule has 0 saturated heterocycles. The van der Waals surface area contributed by atoms with Gasteiger partial charge in [0.15, 0.2) is 0 Å². The van der Waals surface area contributed by atoms with Crippen molar-refractivity contribution in [2.75, 3.05) is 0 Å². The minimum atomic E-state index is -0.550. The standard InChI is InChI=1S/C34H32P2/c1-27(35(29-17-7-3-8-18-29)30-19-9-4-10-20-30)33-25-15-16-26-34(33)28(2)36(31-21-11-5-12-22-31)32-23-13-6-14-24-32/h3-28H,1-2H3/t27-,28-/m0/s1. The molecule has 0 fully saturated rings. The van der Waals surface area contributed by atoms with E-state index in [0.717, 1.165) is 0 Å². The highest BCUT2D eigenvalue weighted by Crippen LogP contribution is 2.55. The molecule has 0 aromatic heterocycles. The van der Waals surface area contributed by atoms with E-state index < -0.39 is 15.8 Å². The molecule has 0 aliphatic heterocycles. The maximum absolute atomic E-state index is 2.44. The fraction of sp³-hybridized carbons (Fsp3) is 0.118. The number of rotatable bonds is 8. The highest BCUT2D eigenvalue weighted by atomic mass is 31.1. The van der Waals surface area contributed by atoms with Gasteiger partial charge in [-0.25, -0.2) is 0 Å². The molecule has 0 unspecified atom stereocenters. The quantitative estimate of drug-likeness (QED) is 0.188. The van der Waals surface area contributed by atoms with Crippen molar-refractivity contribution in [2.24, 2.45) is 0 Å². The Bertz CT molecular complexity index is 1160. The predicted octanol–water partition coefficient (Wildman–Crippen LogP) is 8.07. The van der Waals surface area contributed by atoms with Crippen LogP contribution in [0.15, 0.2) is 146 Å². The molecule has 0 aliphatic rings. The molecule has 36 heavy (non-hydrogen) atoms. The van der Waals surface area contributed by atoms with Gasteiger partial charge in [-0.15, -0.1) is 0 Å². The van der Waals surface area contributed by atoms with Gasteiger partial charge in [0.05, 0.1) is 0 Å². The van der Waals surface area contributed by atoms with Gasteiger partial charge in [-0.05, 0) is 48.2 Å². The highest BCUT2D eigenvalue weighted by molar-refractivity contribution is 7.73. The molecule has 0 radical (unpaired) electrons. The Balaban J connectivity index is 1.60. The third-order valence-electron chi connectivity index (χ3n) is 6.81. The molecule has 5 aromatic rings. The number of hydrogen-bond donors (Lipinski definition) is 0. The summed E-state index contributed by atoms with van der Waals surface area (Å²) in [5, 5.41) is 5.73. The lowest BCUT2D eigenvalue weighted by atomic mass is 10.0. The fourth-order valence-electron chi connectivity index (χ4n) is 5.10. The van der Waals surface area contributed by atoms with Crippen LogP contribution in [0.4, 0.5) is 0 Å². The third-order valence-corrected chi connectivity index (χ3v) is 12.3. The van der Waals surface area contributed by atoms with Gasteiger partial charge >= 0.3 is 0 Å². The maximum atomic E-state index is 2.44. The van der Waals surface area contributed by atoms with Crippen LogP contribution in [-0.4, -0.2) is 0 Å². The molecule has 2 heteroatoms. The Morgan fingerprint density at radius 2 is 0.556 bits per heavy atom. The third kappa shape index (κ3) is 5.37. The van der Waals surface area contributed by atoms with Crippen molar-refractivity contribution in [3.8, 4) is 0 Å². The van der Waals surface area contributed by atoms with Gasteiger partial charge in [0.1, 0.15) is 0 Å². The SMILES string of the molecule is C[C@@H](c1ccccc1[C@H](C)P(c1ccccc1)c1ccccc1)P(c1ccccc1)c1ccccc1. The van der Waals surface area contributed by atoms with Crippen LogP contribution in [-0.2, 0) is 0 Å². The van der Waals surface area contributed by atoms with Gasteiger partial charge < -0.3 is 0 Å². The van der Waals surface area contributed by atoms with E-state index in [0.29, 0.717) is 11.3 Å². The van der Waals surface area contributed by atoms with Crippen LogP contribution in [0, 0.1) is 0 Å². The molecule has 0 spiro atoms. The van der Waals surface area contributed by atoms with Gasteiger partial charge in [-0.3, -0.25) is 0 Å². The van der Waals surface area contributed by atoms with Crippen molar-refractivity contribution in [3.63, 3.8) is 0 Å². The molecule has 0 aliphatic carbocycles. The van der Waals surface area contributed by atoms with Gasteiger partial charge in [-0.1, -0.05) is 159 Å². The van der Waals surface area contributed by atoms with E-state index in [1.807, 2.05) is 0 Å². The van der Waals surface area contributed by atoms with Crippen molar-refractivity contribution >= 4 is 37.1 Å². The van der Waals surface area contributed by atoms with Crippen molar-refractivity contribution in [1.82, 2.24) is 0 Å². The van der Waals surface area contributed by atoms with Crippen LogP contribution in [0.3, 0.4) is 0 Å². The van der Waals surface area contributed by atoms with Crippen LogP contribution < -0.4 is 21.2 Å². The van der Waals surface area contributed by atoms with E-state index in [-0.39, 0.29) is 0 Å². The fourth-order valence-corrected chi connectivity index (χ4v) is 10.5. The summed E-state index contributed by atoms with van der Waals surface area (Å²) >= 11 is 0. The summed E-state index contributed by atoms with van der Waals surface area (Å²) in [4.78, 5) is 0. The lowest BCUT2D eigenvalue weighted by Crippen LogP contribution is -2.19. The van der Waals surface area contributed by atoms with E-state index in [2.05, 4.69) is 159 Å². The molecular formula is C34H32P2. The first kappa shape index (κ1) is 24.6. The van der Waals surface area contributed by atoms with E-state index in [1.165, 1.54) is 32.3 Å². The topological polar surface area (TPSA) is 0 Å². The summed E-state index contributed by atoms with van der Waals surface area (Å²) in [7, 11) is -1.10. The summed E-state index contributed by atoms with van der Waals surface area (Å²) in [5.41, 5.74) is 3.74. The Kier molecular flexibility index (Phi) is 8.08. The molecule has 5 aromatic carbocycles. The average molecular weight is 503 g/mol. The van der Waals surface area contributed by atoms with E-state index >= 15 is 0 Å². The van der Waals surface area contributed by atoms with Crippen molar-refractivity contribution < 1.29 is 0 Å². The highest BCUT2D eigenvalue weighted by Gasteiger charge is 2.29. The second kappa shape index (κ2) is 11.8. The Labute approximate surface area is 218 Å². The Hall–Kier alpha value is -3.04. The van der Waals surface area contributed by atoms with Crippen molar-refractivity contribution in [2.45, 2.75) is 25.2 Å². The summed E-state index contributed by atoms with van der Waals surface area (Å²) in [5.74, 6) is 0. The molecule has 0 saturated carbocycles. The molecule has 0 heterocycles. The van der Waals surface area contributed by atoms with Gasteiger partial charge in [0.25, 0.3) is 0 Å². The normalized spacial score (nSPS) is 13.0. The first-order valence-corrected chi connectivity index (χ1v) is 15.4. The first-order chi connectivity index (χ1) is 17.7. The van der Waals surface area contributed by atoms with Gasteiger partial charge in [-0.2, -0.15) is 0 Å². The zero-order chi connectivity index (χ0) is 24.7. The van der Waals surface area contributed by atoms with E-state index in [9.17, 15) is 0 Å². The monoisotopic (exact) mass is 502 g/mol. The number of benzene rings is 5. The van der Waals surface area contributed by atoms with E-state index in [4.69, 9.17) is 0 Å². The predicted molar refractivity (Wildman–Crippen MR) is 161 cm³/mol. The molecule has 0 bridgehead atoms. The van der Waals surface area contributed by atoms with Crippen LogP contribution in [0.5, 0.6) is 0 Å². The summed E-state index contributed by atoms with van der Waals surface area (Å²) in [6.45, 7) is 4.87. The minimum absolute atomic E-state index is 0.395. The van der Waals surface area contributed by atoms with Crippen molar-refractivity contribution in [3.05, 3.63) is 157 Å². The second-order valence-electron chi connectivity index (χ2n) is 9.06. The first-order valence-electron chi connectivity index (χ1n) is 12.6. The smallest absolute Gasteiger partial charge is 0.00966 e. The van der Waals surface area contributed by atoms with Gasteiger partial charge in [0, 0.05) is 11.3 Å². The average Bonchev–Trinajstić information content (AvgIpc) is 2.95. The largest absolute Gasteiger partial charge is 0.0622 e. The summed E-state index contributed by atoms with van der Waals surface area (Å²) in [6.07, 6.45) is 0. The molecule has 2 atom stereocenters. The summed E-state index contributed by atoms with van der Waals surface area (Å²) < 4.78 is 0. The zero-order valence-corrected chi connectivity index (χ0v) is 22.7. The molecule has 0 nitrogen and oxygen atoms in total. The lowest BCUT2D eigenvalue weighted by molar-refractivity contribution is 0.990. The minimum Gasteiger partial charge on any atom is -0.0622 e. The molecule has 178 valence electrons. The van der Waals surface area contributed by atoms with Crippen LogP contribution >= 0.6 is 15.8 Å². The van der Waals surface area contributed by atoms with Crippen molar-refractivity contribution in [1.29, 1.82) is 0 Å². The summed E-state index contributed by atoms with van der Waals surface area (Å²) in [6, 6.07) is 53.6. The molecule has 0 N–H and O–H groups in total. The molecular weight excluding hydrogens is 470 g/mol. The number of hydrogen-bond acceptors (Lipinski definition) is 0.